The molecule has 6 nitrogen and oxygen atoms in total. The summed E-state index contributed by atoms with van der Waals surface area (Å²) in [6.07, 6.45) is 3.17. The number of hydrogen-bond acceptors (Lipinski definition) is 7. The minimum absolute atomic E-state index is 0.0776. The molecule has 2 N–H and O–H groups in total. The summed E-state index contributed by atoms with van der Waals surface area (Å²) in [5.74, 6) is -0.734. The van der Waals surface area contributed by atoms with Crippen LogP contribution in [-0.2, 0) is 19.6 Å². The molecule has 0 radical (unpaired) electrons. The summed E-state index contributed by atoms with van der Waals surface area (Å²) >= 11 is 3.58. The van der Waals surface area contributed by atoms with Crippen LogP contribution in [0.15, 0.2) is 0 Å². The maximum atomic E-state index is 13.7. The molecule has 11 heteroatoms. The van der Waals surface area contributed by atoms with Crippen LogP contribution in [0.5, 0.6) is 0 Å². The molecule has 4 aliphatic carbocycles. The van der Waals surface area contributed by atoms with Gasteiger partial charge in [-0.15, -0.1) is 23.5 Å². The molecule has 4 saturated carbocycles. The van der Waals surface area contributed by atoms with E-state index in [1.807, 2.05) is 11.8 Å². The van der Waals surface area contributed by atoms with Crippen molar-refractivity contribution in [3.05, 3.63) is 0 Å². The first kappa shape index (κ1) is 19.2. The van der Waals surface area contributed by atoms with Crippen molar-refractivity contribution >= 4 is 39.6 Å². The molecule has 0 aromatic heterocycles. The van der Waals surface area contributed by atoms with Gasteiger partial charge < -0.3 is 9.84 Å². The van der Waals surface area contributed by atoms with E-state index in [9.17, 15) is 27.1 Å². The van der Waals surface area contributed by atoms with Gasteiger partial charge in [-0.3, -0.25) is 4.55 Å². The molecular formula is C15H20F2O6S3. The molecule has 3 unspecified atom stereocenters. The number of alkyl halides is 2. The fourth-order valence-corrected chi connectivity index (χ4v) is 9.75. The second-order valence-electron chi connectivity index (χ2n) is 7.86. The molecule has 1 aliphatic heterocycles. The fourth-order valence-electron chi connectivity index (χ4n) is 5.41. The van der Waals surface area contributed by atoms with Gasteiger partial charge in [0, 0.05) is 11.0 Å². The van der Waals surface area contributed by atoms with Crippen molar-refractivity contribution in [3.8, 4) is 0 Å². The SMILES string of the molecule is O=C(OC12CC3CC(C1)C1(SCC(CO)S1)C(C3)C2)C(F)(F)S(=O)(=O)O. The predicted octanol–water partition coefficient (Wildman–Crippen LogP) is 2.13. The number of carbonyl (C=O) groups excluding carboxylic acids is 1. The minimum Gasteiger partial charge on any atom is -0.454 e. The van der Waals surface area contributed by atoms with Gasteiger partial charge in [0.15, 0.2) is 0 Å². The second kappa shape index (κ2) is 5.95. The number of ether oxygens (including phenoxy) is 1. The highest BCUT2D eigenvalue weighted by atomic mass is 32.2. The van der Waals surface area contributed by atoms with Gasteiger partial charge in [-0.25, -0.2) is 4.79 Å². The zero-order valence-corrected chi connectivity index (χ0v) is 16.2. The smallest absolute Gasteiger partial charge is 0.454 e. The Labute approximate surface area is 158 Å². The summed E-state index contributed by atoms with van der Waals surface area (Å²) in [4.78, 5) is 11.9. The predicted molar refractivity (Wildman–Crippen MR) is 92.5 cm³/mol. The van der Waals surface area contributed by atoms with E-state index in [2.05, 4.69) is 0 Å². The largest absolute Gasteiger partial charge is 0.465 e. The van der Waals surface area contributed by atoms with Crippen molar-refractivity contribution in [1.29, 1.82) is 0 Å². The Kier molecular flexibility index (Phi) is 4.40. The van der Waals surface area contributed by atoms with Gasteiger partial charge in [-0.2, -0.15) is 17.2 Å². The van der Waals surface area contributed by atoms with Gasteiger partial charge >= 0.3 is 21.3 Å². The number of esters is 1. The number of carbonyl (C=O) groups is 1. The van der Waals surface area contributed by atoms with Crippen molar-refractivity contribution in [2.75, 3.05) is 12.4 Å². The molecule has 3 atom stereocenters. The Morgan fingerprint density at radius 1 is 1.23 bits per heavy atom. The molecule has 0 amide bonds. The quantitative estimate of drug-likeness (QED) is 0.517. The van der Waals surface area contributed by atoms with Crippen molar-refractivity contribution < 1.29 is 36.4 Å². The van der Waals surface area contributed by atoms with Crippen LogP contribution in [0.25, 0.3) is 0 Å². The Hall–Kier alpha value is -0.100. The van der Waals surface area contributed by atoms with E-state index in [1.54, 1.807) is 11.8 Å². The highest BCUT2D eigenvalue weighted by Gasteiger charge is 2.67. The van der Waals surface area contributed by atoms with Gasteiger partial charge in [0.25, 0.3) is 0 Å². The van der Waals surface area contributed by atoms with Gasteiger partial charge in [-0.05, 0) is 49.9 Å². The van der Waals surface area contributed by atoms with E-state index >= 15 is 0 Å². The molecule has 4 bridgehead atoms. The molecule has 1 saturated heterocycles. The number of aliphatic hydroxyl groups is 1. The maximum Gasteiger partial charge on any atom is 0.465 e. The average Bonchev–Trinajstić information content (AvgIpc) is 2.96. The third kappa shape index (κ3) is 2.72. The van der Waals surface area contributed by atoms with E-state index in [-0.39, 0.29) is 33.7 Å². The topological polar surface area (TPSA) is 101 Å². The number of aliphatic hydroxyl groups excluding tert-OH is 1. The summed E-state index contributed by atoms with van der Waals surface area (Å²) in [7, 11) is -5.86. The Morgan fingerprint density at radius 3 is 2.35 bits per heavy atom. The Bertz CT molecular complexity index is 711. The van der Waals surface area contributed by atoms with Gasteiger partial charge in [0.1, 0.15) is 5.60 Å². The third-order valence-electron chi connectivity index (χ3n) is 6.19. The first-order valence-electron chi connectivity index (χ1n) is 8.52. The van der Waals surface area contributed by atoms with Crippen LogP contribution in [0.4, 0.5) is 8.78 Å². The third-order valence-corrected chi connectivity index (χ3v) is 11.2. The summed E-state index contributed by atoms with van der Waals surface area (Å²) in [5.41, 5.74) is -1.08. The van der Waals surface area contributed by atoms with Crippen molar-refractivity contribution in [2.24, 2.45) is 17.8 Å². The van der Waals surface area contributed by atoms with Crippen LogP contribution in [0, 0.1) is 17.8 Å². The lowest BCUT2D eigenvalue weighted by atomic mass is 9.53. The zero-order valence-electron chi connectivity index (χ0n) is 13.8. The summed E-state index contributed by atoms with van der Waals surface area (Å²) in [6.45, 7) is 0.100. The first-order valence-corrected chi connectivity index (χ1v) is 11.8. The molecule has 1 spiro atoms. The van der Waals surface area contributed by atoms with Crippen LogP contribution >= 0.6 is 23.5 Å². The molecule has 5 aliphatic rings. The summed E-state index contributed by atoms with van der Waals surface area (Å²) in [5, 5.41) is 4.67. The van der Waals surface area contributed by atoms with Crippen LogP contribution < -0.4 is 0 Å². The van der Waals surface area contributed by atoms with E-state index in [4.69, 9.17) is 9.29 Å². The molecule has 148 valence electrons. The number of hydrogen-bond donors (Lipinski definition) is 2. The molecule has 5 fully saturated rings. The van der Waals surface area contributed by atoms with E-state index in [1.165, 1.54) is 0 Å². The highest BCUT2D eigenvalue weighted by molar-refractivity contribution is 8.21. The zero-order chi connectivity index (χ0) is 19.0. The number of thioether (sulfide) groups is 2. The van der Waals surface area contributed by atoms with Crippen LogP contribution in [0.3, 0.4) is 0 Å². The monoisotopic (exact) mass is 430 g/mol. The highest BCUT2D eigenvalue weighted by Crippen LogP contribution is 2.71. The lowest BCUT2D eigenvalue weighted by molar-refractivity contribution is -0.201. The second-order valence-corrected chi connectivity index (χ2v) is 12.5. The molecule has 1 heterocycles. The standard InChI is InChI=1S/C15H20F2O6S3/c16-15(17,26(20,21)22)12(19)23-13-3-8-1-9(4-13)14(10(2-8)5-13)24-7-11(6-18)25-14/h8-11,18H,1-7H2,(H,20,21,22). The van der Waals surface area contributed by atoms with Crippen molar-refractivity contribution in [3.63, 3.8) is 0 Å². The molecule has 0 aromatic rings. The molecule has 5 rings (SSSR count). The summed E-state index contributed by atoms with van der Waals surface area (Å²) in [6, 6.07) is 0. The lowest BCUT2D eigenvalue weighted by Gasteiger charge is -2.63. The van der Waals surface area contributed by atoms with Gasteiger partial charge in [-0.1, -0.05) is 0 Å². The van der Waals surface area contributed by atoms with Crippen molar-refractivity contribution in [1.82, 2.24) is 0 Å². The lowest BCUT2D eigenvalue weighted by Crippen LogP contribution is -2.62. The number of rotatable bonds is 4. The fraction of sp³-hybridized carbons (Fsp3) is 0.933. The van der Waals surface area contributed by atoms with E-state index < -0.39 is 26.9 Å². The van der Waals surface area contributed by atoms with Gasteiger partial charge in [0.05, 0.1) is 10.7 Å². The minimum atomic E-state index is -5.86. The van der Waals surface area contributed by atoms with Crippen LogP contribution in [0.2, 0.25) is 0 Å². The average molecular weight is 431 g/mol. The van der Waals surface area contributed by atoms with Crippen LogP contribution in [0.1, 0.15) is 32.1 Å². The van der Waals surface area contributed by atoms with Crippen molar-refractivity contribution in [2.45, 2.75) is 52.3 Å². The van der Waals surface area contributed by atoms with E-state index in [0.29, 0.717) is 19.3 Å². The number of halogens is 2. The van der Waals surface area contributed by atoms with Crippen LogP contribution in [-0.4, -0.2) is 56.6 Å². The maximum absolute atomic E-state index is 13.7. The molecule has 26 heavy (non-hydrogen) atoms. The summed E-state index contributed by atoms with van der Waals surface area (Å²) < 4.78 is 62.6. The first-order chi connectivity index (χ1) is 12.0. The molecule has 0 aromatic carbocycles. The Balaban J connectivity index is 1.57. The van der Waals surface area contributed by atoms with Gasteiger partial charge in [0.2, 0.25) is 0 Å². The molecular weight excluding hydrogens is 410 g/mol. The Morgan fingerprint density at radius 2 is 1.85 bits per heavy atom. The van der Waals surface area contributed by atoms with E-state index in [0.717, 1.165) is 18.6 Å². The normalized spacial score (nSPS) is 44.6.